The van der Waals surface area contributed by atoms with Gasteiger partial charge in [-0.15, -0.1) is 0 Å². The fourth-order valence-electron chi connectivity index (χ4n) is 12.0. The van der Waals surface area contributed by atoms with Crippen LogP contribution in [-0.4, -0.2) is 4.57 Å². The molecule has 1 heterocycles. The molecule has 2 heteroatoms. The summed E-state index contributed by atoms with van der Waals surface area (Å²) in [4.78, 5) is 2.53. The fraction of sp³-hybridized carbons (Fsp3) is 0.0149. The van der Waals surface area contributed by atoms with Crippen molar-refractivity contribution in [1.82, 2.24) is 4.57 Å². The lowest BCUT2D eigenvalue weighted by atomic mass is 9.70. The Labute approximate surface area is 402 Å². The second-order valence-electron chi connectivity index (χ2n) is 18.3. The largest absolute Gasteiger partial charge is 0.310 e. The minimum Gasteiger partial charge on any atom is -0.310 e. The van der Waals surface area contributed by atoms with Crippen LogP contribution in [0.4, 0.5) is 17.1 Å². The standard InChI is InChI=1S/C67H44N2/c1-4-21-45(22-5-1)50-27-10-11-32-56(50)66-51(46-23-6-2-7-24-46)33-20-38-65(66)68(49-40-42-64-58(44-49)55-31-15-19-37-63(55)69(64)47-25-8-3-9-26-47)48-39-41-62-57(43-48)54-30-14-18-36-61(54)67(62)59-34-16-12-28-52(59)53-29-13-17-35-60(53)67/h1-44H. The Hall–Kier alpha value is -8.98. The maximum Gasteiger partial charge on any atom is 0.0725 e. The number of para-hydroxylation sites is 2. The van der Waals surface area contributed by atoms with Gasteiger partial charge in [0.2, 0.25) is 0 Å². The van der Waals surface area contributed by atoms with E-state index in [0.29, 0.717) is 0 Å². The first-order valence-electron chi connectivity index (χ1n) is 23.9. The van der Waals surface area contributed by atoms with Crippen LogP contribution < -0.4 is 4.90 Å². The molecule has 322 valence electrons. The van der Waals surface area contributed by atoms with Gasteiger partial charge in [0.1, 0.15) is 0 Å². The highest BCUT2D eigenvalue weighted by Gasteiger charge is 2.51. The Morgan fingerprint density at radius 3 is 1.42 bits per heavy atom. The van der Waals surface area contributed by atoms with Crippen molar-refractivity contribution in [2.24, 2.45) is 0 Å². The second-order valence-corrected chi connectivity index (χ2v) is 18.3. The molecule has 0 amide bonds. The van der Waals surface area contributed by atoms with Gasteiger partial charge in [-0.2, -0.15) is 0 Å². The van der Waals surface area contributed by atoms with Crippen LogP contribution in [0.1, 0.15) is 22.3 Å². The van der Waals surface area contributed by atoms with Gasteiger partial charge in [-0.3, -0.25) is 0 Å². The van der Waals surface area contributed by atoms with Gasteiger partial charge < -0.3 is 9.47 Å². The fourth-order valence-corrected chi connectivity index (χ4v) is 12.0. The molecule has 12 aromatic rings. The van der Waals surface area contributed by atoms with Gasteiger partial charge in [-0.25, -0.2) is 0 Å². The molecule has 14 rings (SSSR count). The van der Waals surface area contributed by atoms with Crippen LogP contribution in [0.3, 0.4) is 0 Å². The van der Waals surface area contributed by atoms with Crippen LogP contribution in [0.15, 0.2) is 267 Å². The van der Waals surface area contributed by atoms with E-state index in [2.05, 4.69) is 276 Å². The summed E-state index contributed by atoms with van der Waals surface area (Å²) in [6, 6.07) is 98.7. The van der Waals surface area contributed by atoms with Gasteiger partial charge in [0.05, 0.1) is 22.1 Å². The lowest BCUT2D eigenvalue weighted by Crippen LogP contribution is -2.25. The number of rotatable bonds is 7. The predicted molar refractivity (Wildman–Crippen MR) is 288 cm³/mol. The Morgan fingerprint density at radius 2 is 0.754 bits per heavy atom. The van der Waals surface area contributed by atoms with Crippen LogP contribution in [-0.2, 0) is 5.41 Å². The molecule has 0 saturated carbocycles. The highest BCUT2D eigenvalue weighted by Crippen LogP contribution is 2.63. The molecule has 11 aromatic carbocycles. The molecule has 0 fully saturated rings. The molecule has 2 nitrogen and oxygen atoms in total. The molecular weight excluding hydrogens is 833 g/mol. The average Bonchev–Trinajstić information content (AvgIpc) is 4.03. The van der Waals surface area contributed by atoms with Gasteiger partial charge in [-0.1, -0.05) is 212 Å². The molecule has 0 bridgehead atoms. The average molecular weight is 877 g/mol. The number of benzene rings is 11. The van der Waals surface area contributed by atoms with Crippen molar-refractivity contribution in [3.63, 3.8) is 0 Å². The van der Waals surface area contributed by atoms with E-state index in [1.165, 1.54) is 99.7 Å². The van der Waals surface area contributed by atoms with Crippen molar-refractivity contribution in [2.75, 3.05) is 4.90 Å². The molecule has 0 N–H and O–H groups in total. The summed E-state index contributed by atoms with van der Waals surface area (Å²) in [5.41, 5.74) is 23.9. The number of fused-ring (bicyclic) bond motifs is 13. The van der Waals surface area contributed by atoms with E-state index in [9.17, 15) is 0 Å². The van der Waals surface area contributed by atoms with Crippen LogP contribution in [0, 0.1) is 0 Å². The van der Waals surface area contributed by atoms with E-state index in [1.54, 1.807) is 0 Å². The zero-order valence-electron chi connectivity index (χ0n) is 37.8. The van der Waals surface area contributed by atoms with E-state index in [4.69, 9.17) is 0 Å². The number of anilines is 3. The van der Waals surface area contributed by atoms with Crippen molar-refractivity contribution < 1.29 is 0 Å². The zero-order valence-corrected chi connectivity index (χ0v) is 37.8. The minimum absolute atomic E-state index is 0.437. The third-order valence-corrected chi connectivity index (χ3v) is 14.8. The molecule has 0 saturated heterocycles. The van der Waals surface area contributed by atoms with Gasteiger partial charge in [0, 0.05) is 33.4 Å². The van der Waals surface area contributed by atoms with E-state index in [0.717, 1.165) is 22.7 Å². The van der Waals surface area contributed by atoms with Crippen molar-refractivity contribution in [2.45, 2.75) is 5.41 Å². The van der Waals surface area contributed by atoms with Gasteiger partial charge in [-0.05, 0) is 127 Å². The lowest BCUT2D eigenvalue weighted by molar-refractivity contribution is 0.794. The quantitative estimate of drug-likeness (QED) is 0.155. The highest BCUT2D eigenvalue weighted by atomic mass is 15.1. The summed E-state index contributed by atoms with van der Waals surface area (Å²) < 4.78 is 2.40. The zero-order chi connectivity index (χ0) is 45.5. The molecule has 1 spiro atoms. The maximum absolute atomic E-state index is 2.53. The monoisotopic (exact) mass is 876 g/mol. The summed E-state index contributed by atoms with van der Waals surface area (Å²) >= 11 is 0. The maximum atomic E-state index is 2.53. The molecule has 1 aromatic heterocycles. The van der Waals surface area contributed by atoms with E-state index in [1.807, 2.05) is 0 Å². The summed E-state index contributed by atoms with van der Waals surface area (Å²) in [5.74, 6) is 0. The molecule has 2 aliphatic rings. The summed E-state index contributed by atoms with van der Waals surface area (Å²) in [6.07, 6.45) is 0. The Morgan fingerprint density at radius 1 is 0.290 bits per heavy atom. The summed E-state index contributed by atoms with van der Waals surface area (Å²) in [7, 11) is 0. The number of hydrogen-bond acceptors (Lipinski definition) is 1. The van der Waals surface area contributed by atoms with Crippen molar-refractivity contribution in [3.05, 3.63) is 289 Å². The first kappa shape index (κ1) is 39.2. The number of nitrogens with zero attached hydrogens (tertiary/aromatic N) is 2. The Balaban J connectivity index is 1.08. The van der Waals surface area contributed by atoms with Crippen molar-refractivity contribution >= 4 is 38.9 Å². The third kappa shape index (κ3) is 5.79. The van der Waals surface area contributed by atoms with Crippen LogP contribution in [0.25, 0.3) is 83.1 Å². The van der Waals surface area contributed by atoms with E-state index in [-0.39, 0.29) is 0 Å². The molecular formula is C67H44N2. The first-order chi connectivity index (χ1) is 34.3. The third-order valence-electron chi connectivity index (χ3n) is 14.8. The predicted octanol–water partition coefficient (Wildman–Crippen LogP) is 17.6. The molecule has 0 radical (unpaired) electrons. The Bertz CT molecular complexity index is 3910. The van der Waals surface area contributed by atoms with Gasteiger partial charge in [0.25, 0.3) is 0 Å². The van der Waals surface area contributed by atoms with Crippen LogP contribution in [0.2, 0.25) is 0 Å². The smallest absolute Gasteiger partial charge is 0.0725 e. The van der Waals surface area contributed by atoms with E-state index >= 15 is 0 Å². The molecule has 0 unspecified atom stereocenters. The summed E-state index contributed by atoms with van der Waals surface area (Å²) in [5, 5.41) is 2.42. The highest BCUT2D eigenvalue weighted by molar-refractivity contribution is 6.11. The Kier molecular flexibility index (Phi) is 8.84. The summed E-state index contributed by atoms with van der Waals surface area (Å²) in [6.45, 7) is 0. The number of hydrogen-bond donors (Lipinski definition) is 0. The van der Waals surface area contributed by atoms with E-state index < -0.39 is 5.41 Å². The first-order valence-corrected chi connectivity index (χ1v) is 23.9. The molecule has 0 aliphatic heterocycles. The SMILES string of the molecule is c1ccc(-c2ccccc2-c2c(-c3ccccc3)cccc2N(c2ccc3c(c2)-c2ccccc2C32c3ccccc3-c3ccccc32)c2ccc3c(c2)c2ccccc2n3-c2ccccc2)cc1. The van der Waals surface area contributed by atoms with Crippen molar-refractivity contribution in [1.29, 1.82) is 0 Å². The van der Waals surface area contributed by atoms with Crippen LogP contribution in [0.5, 0.6) is 0 Å². The normalized spacial score (nSPS) is 12.8. The molecule has 0 atom stereocenters. The van der Waals surface area contributed by atoms with Crippen molar-refractivity contribution in [3.8, 4) is 61.3 Å². The number of aromatic nitrogens is 1. The minimum atomic E-state index is -0.437. The van der Waals surface area contributed by atoms with Crippen LogP contribution >= 0.6 is 0 Å². The van der Waals surface area contributed by atoms with Gasteiger partial charge >= 0.3 is 0 Å². The molecule has 69 heavy (non-hydrogen) atoms. The second kappa shape index (κ2) is 15.6. The molecule has 2 aliphatic carbocycles. The van der Waals surface area contributed by atoms with Gasteiger partial charge in [0.15, 0.2) is 0 Å². The lowest BCUT2D eigenvalue weighted by Gasteiger charge is -2.32. The topological polar surface area (TPSA) is 8.17 Å².